The maximum absolute atomic E-state index is 11.9. The number of aliphatic hydroxyl groups excluding tert-OH is 1. The van der Waals surface area contributed by atoms with E-state index in [9.17, 15) is 9.90 Å². The molecule has 0 spiro atoms. The topological polar surface area (TPSA) is 46.5 Å². The van der Waals surface area contributed by atoms with Gasteiger partial charge in [-0.2, -0.15) is 0 Å². The van der Waals surface area contributed by atoms with Crippen molar-refractivity contribution in [1.29, 1.82) is 0 Å². The molecule has 3 nitrogen and oxygen atoms in total. The number of aliphatic hydroxyl groups is 1. The van der Waals surface area contributed by atoms with Gasteiger partial charge in [0.25, 0.3) is 0 Å². The number of Topliss-reactive ketones (excluding diaryl/α,β-unsaturated/α-hetero) is 1. The fraction of sp³-hybridized carbons (Fsp3) is 0.591. The van der Waals surface area contributed by atoms with Gasteiger partial charge in [-0.1, -0.05) is 34.9 Å². The quantitative estimate of drug-likeness (QED) is 0.578. The van der Waals surface area contributed by atoms with Crippen LogP contribution in [0.15, 0.2) is 46.8 Å². The third-order valence-corrected chi connectivity index (χ3v) is 4.64. The summed E-state index contributed by atoms with van der Waals surface area (Å²) >= 11 is 0. The van der Waals surface area contributed by atoms with Gasteiger partial charge in [0.15, 0.2) is 11.5 Å². The van der Waals surface area contributed by atoms with E-state index in [0.717, 1.165) is 32.1 Å². The Hall–Kier alpha value is -1.61. The molecule has 25 heavy (non-hydrogen) atoms. The summed E-state index contributed by atoms with van der Waals surface area (Å²) in [5.41, 5.74) is 4.13. The SMILES string of the molecule is COC1=CC(O)C(C/C=C(\C)CC/C=C(\C)CCC=C(C)C)CC1=O. The third-order valence-electron chi connectivity index (χ3n) is 4.64. The highest BCUT2D eigenvalue weighted by atomic mass is 16.5. The van der Waals surface area contributed by atoms with Crippen molar-refractivity contribution >= 4 is 5.78 Å². The molecule has 0 amide bonds. The van der Waals surface area contributed by atoms with Crippen molar-refractivity contribution in [3.05, 3.63) is 46.8 Å². The highest BCUT2D eigenvalue weighted by Gasteiger charge is 2.28. The van der Waals surface area contributed by atoms with Gasteiger partial charge in [0.05, 0.1) is 13.2 Å². The minimum absolute atomic E-state index is 0.0150. The molecule has 2 atom stereocenters. The molecule has 140 valence electrons. The molecule has 3 heteroatoms. The van der Waals surface area contributed by atoms with E-state index in [2.05, 4.69) is 45.9 Å². The van der Waals surface area contributed by atoms with E-state index in [-0.39, 0.29) is 17.5 Å². The average molecular weight is 347 g/mol. The Labute approximate surface area is 153 Å². The molecule has 1 aliphatic rings. The van der Waals surface area contributed by atoms with Crippen molar-refractivity contribution in [1.82, 2.24) is 0 Å². The number of hydrogen-bond donors (Lipinski definition) is 1. The van der Waals surface area contributed by atoms with Crippen LogP contribution < -0.4 is 0 Å². The van der Waals surface area contributed by atoms with Crippen LogP contribution in [0, 0.1) is 5.92 Å². The van der Waals surface area contributed by atoms with E-state index in [1.54, 1.807) is 0 Å². The molecular weight excluding hydrogens is 312 g/mol. The molecule has 0 saturated carbocycles. The summed E-state index contributed by atoms with van der Waals surface area (Å²) < 4.78 is 4.99. The van der Waals surface area contributed by atoms with E-state index in [1.165, 1.54) is 29.9 Å². The third kappa shape index (κ3) is 8.35. The zero-order valence-corrected chi connectivity index (χ0v) is 16.5. The van der Waals surface area contributed by atoms with Crippen LogP contribution in [0.25, 0.3) is 0 Å². The molecule has 0 radical (unpaired) electrons. The molecule has 1 rings (SSSR count). The summed E-state index contributed by atoms with van der Waals surface area (Å²) in [4.78, 5) is 11.9. The van der Waals surface area contributed by atoms with E-state index >= 15 is 0 Å². The molecule has 0 aromatic carbocycles. The second kappa shape index (κ2) is 11.1. The van der Waals surface area contributed by atoms with Crippen molar-refractivity contribution in [3.8, 4) is 0 Å². The minimum atomic E-state index is -0.603. The molecule has 0 fully saturated rings. The van der Waals surface area contributed by atoms with Crippen LogP contribution in [0.4, 0.5) is 0 Å². The van der Waals surface area contributed by atoms with Gasteiger partial charge in [0.2, 0.25) is 0 Å². The smallest absolute Gasteiger partial charge is 0.197 e. The number of carbonyl (C=O) groups excluding carboxylic acids is 1. The summed E-state index contributed by atoms with van der Waals surface area (Å²) in [6.45, 7) is 8.59. The second-order valence-corrected chi connectivity index (χ2v) is 7.31. The van der Waals surface area contributed by atoms with Gasteiger partial charge >= 0.3 is 0 Å². The summed E-state index contributed by atoms with van der Waals surface area (Å²) in [7, 11) is 1.47. The first-order valence-electron chi connectivity index (χ1n) is 9.25. The number of allylic oxidation sites excluding steroid dienone is 7. The molecule has 1 N–H and O–H groups in total. The molecule has 1 aliphatic carbocycles. The summed E-state index contributed by atoms with van der Waals surface area (Å²) in [5, 5.41) is 10.1. The monoisotopic (exact) mass is 346 g/mol. The minimum Gasteiger partial charge on any atom is -0.493 e. The van der Waals surface area contributed by atoms with Gasteiger partial charge in [-0.3, -0.25) is 4.79 Å². The number of carbonyl (C=O) groups is 1. The number of rotatable bonds is 9. The van der Waals surface area contributed by atoms with E-state index in [4.69, 9.17) is 4.74 Å². The normalized spacial score (nSPS) is 21.8. The molecule has 0 heterocycles. The molecule has 0 bridgehead atoms. The summed E-state index contributed by atoms with van der Waals surface area (Å²) in [6.07, 6.45) is 13.1. The second-order valence-electron chi connectivity index (χ2n) is 7.31. The summed E-state index contributed by atoms with van der Waals surface area (Å²) in [5.74, 6) is 0.236. The Morgan fingerprint density at radius 1 is 1.12 bits per heavy atom. The fourth-order valence-corrected chi connectivity index (χ4v) is 2.94. The van der Waals surface area contributed by atoms with Gasteiger partial charge in [0, 0.05) is 6.42 Å². The van der Waals surface area contributed by atoms with Crippen molar-refractivity contribution in [3.63, 3.8) is 0 Å². The molecule has 2 unspecified atom stereocenters. The van der Waals surface area contributed by atoms with Crippen LogP contribution in [0.1, 0.15) is 66.2 Å². The average Bonchev–Trinajstić information content (AvgIpc) is 2.54. The standard InChI is InChI=1S/C22H34O3/c1-16(2)8-6-9-17(3)10-7-11-18(4)12-13-19-14-21(24)22(25-5)15-20(19)23/h8,10,12,15,19-20,23H,6-7,9,11,13-14H2,1-5H3/b17-10+,18-12+. The van der Waals surface area contributed by atoms with Crippen LogP contribution in [0.3, 0.4) is 0 Å². The number of ketones is 1. The lowest BCUT2D eigenvalue weighted by Gasteiger charge is -2.24. The zero-order chi connectivity index (χ0) is 18.8. The van der Waals surface area contributed by atoms with Gasteiger partial charge in [-0.05, 0) is 71.8 Å². The van der Waals surface area contributed by atoms with Crippen LogP contribution in [0.2, 0.25) is 0 Å². The van der Waals surface area contributed by atoms with Crippen molar-refractivity contribution in [2.75, 3.05) is 7.11 Å². The van der Waals surface area contributed by atoms with Crippen molar-refractivity contribution < 1.29 is 14.6 Å². The molecule has 0 aromatic heterocycles. The lowest BCUT2D eigenvalue weighted by atomic mass is 9.86. The van der Waals surface area contributed by atoms with Gasteiger partial charge in [-0.25, -0.2) is 0 Å². The first-order chi connectivity index (χ1) is 11.8. The Balaban J connectivity index is 2.40. The molecular formula is C22H34O3. The lowest BCUT2D eigenvalue weighted by Crippen LogP contribution is -2.28. The van der Waals surface area contributed by atoms with Gasteiger partial charge in [0.1, 0.15) is 0 Å². The molecule has 0 aliphatic heterocycles. The van der Waals surface area contributed by atoms with Crippen LogP contribution in [0.5, 0.6) is 0 Å². The number of hydrogen-bond acceptors (Lipinski definition) is 3. The van der Waals surface area contributed by atoms with Gasteiger partial charge < -0.3 is 9.84 Å². The first-order valence-corrected chi connectivity index (χ1v) is 9.25. The van der Waals surface area contributed by atoms with Crippen LogP contribution >= 0.6 is 0 Å². The van der Waals surface area contributed by atoms with Gasteiger partial charge in [-0.15, -0.1) is 0 Å². The summed E-state index contributed by atoms with van der Waals surface area (Å²) in [6, 6.07) is 0. The maximum Gasteiger partial charge on any atom is 0.197 e. The zero-order valence-electron chi connectivity index (χ0n) is 16.5. The van der Waals surface area contributed by atoms with Crippen molar-refractivity contribution in [2.24, 2.45) is 5.92 Å². The lowest BCUT2D eigenvalue weighted by molar-refractivity contribution is -0.121. The fourth-order valence-electron chi connectivity index (χ4n) is 2.94. The van der Waals surface area contributed by atoms with Crippen LogP contribution in [-0.4, -0.2) is 24.1 Å². The predicted octanol–water partition coefficient (Wildman–Crippen LogP) is 5.28. The Morgan fingerprint density at radius 3 is 2.32 bits per heavy atom. The van der Waals surface area contributed by atoms with Crippen molar-refractivity contribution in [2.45, 2.75) is 72.3 Å². The first kappa shape index (κ1) is 21.4. The number of ether oxygens (including phenoxy) is 1. The number of methoxy groups -OCH3 is 1. The molecule has 0 saturated heterocycles. The molecule has 0 aromatic rings. The van der Waals surface area contributed by atoms with E-state index in [1.807, 2.05) is 0 Å². The predicted molar refractivity (Wildman–Crippen MR) is 104 cm³/mol. The Morgan fingerprint density at radius 2 is 1.72 bits per heavy atom. The Bertz CT molecular complexity index is 560. The van der Waals surface area contributed by atoms with E-state index < -0.39 is 6.10 Å². The largest absolute Gasteiger partial charge is 0.493 e. The Kier molecular flexibility index (Phi) is 9.51. The highest BCUT2D eigenvalue weighted by molar-refractivity contribution is 5.94. The van der Waals surface area contributed by atoms with E-state index in [0.29, 0.717) is 6.42 Å². The maximum atomic E-state index is 11.9. The van der Waals surface area contributed by atoms with Crippen LogP contribution in [-0.2, 0) is 9.53 Å². The highest BCUT2D eigenvalue weighted by Crippen LogP contribution is 2.25.